The number of hydrogen-bond acceptors (Lipinski definition) is 5. The van der Waals surface area contributed by atoms with Crippen LogP contribution in [0.5, 0.6) is 0 Å². The molecule has 2 rings (SSSR count). The number of H-pyrrole nitrogens is 1. The average molecular weight is 261 g/mol. The molecule has 2 aromatic rings. The smallest absolute Gasteiger partial charge is 0.310 e. The van der Waals surface area contributed by atoms with E-state index in [0.717, 1.165) is 0 Å². The van der Waals surface area contributed by atoms with Crippen molar-refractivity contribution in [3.63, 3.8) is 0 Å². The van der Waals surface area contributed by atoms with Crippen LogP contribution in [-0.4, -0.2) is 26.5 Å². The monoisotopic (exact) mass is 261 g/mol. The fourth-order valence-electron chi connectivity index (χ4n) is 1.70. The molecular formula is C13H15N3O3. The summed E-state index contributed by atoms with van der Waals surface area (Å²) < 4.78 is 5.24. The van der Waals surface area contributed by atoms with Crippen LogP contribution in [0.1, 0.15) is 26.3 Å². The summed E-state index contributed by atoms with van der Waals surface area (Å²) in [5.74, 6) is -0.369. The fourth-order valence-corrected chi connectivity index (χ4v) is 1.70. The third-order valence-corrected chi connectivity index (χ3v) is 2.35. The summed E-state index contributed by atoms with van der Waals surface area (Å²) >= 11 is 0. The van der Waals surface area contributed by atoms with E-state index in [1.807, 2.05) is 0 Å². The van der Waals surface area contributed by atoms with E-state index in [1.165, 1.54) is 18.6 Å². The molecule has 6 nitrogen and oxygen atoms in total. The topological polar surface area (TPSA) is 84.9 Å². The van der Waals surface area contributed by atoms with E-state index in [0.29, 0.717) is 11.1 Å². The lowest BCUT2D eigenvalue weighted by molar-refractivity contribution is -0.153. The Kier molecular flexibility index (Phi) is 3.33. The molecule has 0 saturated carbocycles. The van der Waals surface area contributed by atoms with Crippen LogP contribution >= 0.6 is 0 Å². The molecule has 0 aliphatic rings. The minimum absolute atomic E-state index is 0.0449. The average Bonchev–Trinajstić information content (AvgIpc) is 2.31. The summed E-state index contributed by atoms with van der Waals surface area (Å²) in [5, 5.41) is 0. The van der Waals surface area contributed by atoms with E-state index < -0.39 is 5.60 Å². The largest absolute Gasteiger partial charge is 0.460 e. The normalized spacial score (nSPS) is 11.5. The lowest BCUT2D eigenvalue weighted by Crippen LogP contribution is -2.25. The number of nitrogens with one attached hydrogen (secondary N) is 1. The molecule has 2 aromatic heterocycles. The zero-order valence-electron chi connectivity index (χ0n) is 11.1. The van der Waals surface area contributed by atoms with E-state index in [2.05, 4.69) is 15.0 Å². The summed E-state index contributed by atoms with van der Waals surface area (Å²) in [6.07, 6.45) is 4.45. The van der Waals surface area contributed by atoms with E-state index in [1.54, 1.807) is 20.8 Å². The summed E-state index contributed by atoms with van der Waals surface area (Å²) in [6, 6.07) is 0. The van der Waals surface area contributed by atoms with Crippen LogP contribution in [0.15, 0.2) is 23.4 Å². The van der Waals surface area contributed by atoms with Crippen molar-refractivity contribution in [3.8, 4) is 0 Å². The second kappa shape index (κ2) is 4.79. The molecular weight excluding hydrogens is 246 g/mol. The number of carbonyl (C=O) groups is 1. The third kappa shape index (κ3) is 3.15. The van der Waals surface area contributed by atoms with Crippen LogP contribution in [-0.2, 0) is 16.0 Å². The molecule has 1 N–H and O–H groups in total. The second-order valence-corrected chi connectivity index (χ2v) is 5.16. The predicted octanol–water partition coefficient (Wildman–Crippen LogP) is 1.20. The van der Waals surface area contributed by atoms with Gasteiger partial charge in [-0.05, 0) is 20.8 Å². The first-order valence-corrected chi connectivity index (χ1v) is 5.90. The van der Waals surface area contributed by atoms with Gasteiger partial charge in [-0.15, -0.1) is 0 Å². The van der Waals surface area contributed by atoms with Gasteiger partial charge in [-0.2, -0.15) is 0 Å². The predicted molar refractivity (Wildman–Crippen MR) is 69.7 cm³/mol. The molecule has 2 heterocycles. The first-order valence-electron chi connectivity index (χ1n) is 5.90. The highest BCUT2D eigenvalue weighted by Crippen LogP contribution is 2.13. The SMILES string of the molecule is CC(C)(C)OC(=O)Cc1c[nH]c(=O)c2nccnc12. The Labute approximate surface area is 109 Å². The number of pyridine rings is 1. The van der Waals surface area contributed by atoms with E-state index >= 15 is 0 Å². The second-order valence-electron chi connectivity index (χ2n) is 5.16. The Balaban J connectivity index is 2.34. The van der Waals surface area contributed by atoms with Crippen LogP contribution in [0.25, 0.3) is 11.0 Å². The van der Waals surface area contributed by atoms with Gasteiger partial charge in [0.2, 0.25) is 0 Å². The minimum Gasteiger partial charge on any atom is -0.460 e. The fraction of sp³-hybridized carbons (Fsp3) is 0.385. The van der Waals surface area contributed by atoms with Gasteiger partial charge in [-0.3, -0.25) is 14.6 Å². The van der Waals surface area contributed by atoms with Gasteiger partial charge in [0, 0.05) is 24.2 Å². The summed E-state index contributed by atoms with van der Waals surface area (Å²) in [5.41, 5.74) is 0.384. The number of rotatable bonds is 2. The molecule has 0 spiro atoms. The molecule has 100 valence electrons. The maximum Gasteiger partial charge on any atom is 0.310 e. The quantitative estimate of drug-likeness (QED) is 0.821. The third-order valence-electron chi connectivity index (χ3n) is 2.35. The van der Waals surface area contributed by atoms with E-state index in [4.69, 9.17) is 4.74 Å². The number of aromatic nitrogens is 3. The van der Waals surface area contributed by atoms with Crippen molar-refractivity contribution < 1.29 is 9.53 Å². The van der Waals surface area contributed by atoms with Crippen molar-refractivity contribution in [2.75, 3.05) is 0 Å². The molecule has 19 heavy (non-hydrogen) atoms. The lowest BCUT2D eigenvalue weighted by atomic mass is 10.1. The summed E-state index contributed by atoms with van der Waals surface area (Å²) in [7, 11) is 0. The Morgan fingerprint density at radius 3 is 2.53 bits per heavy atom. The first kappa shape index (κ1) is 13.2. The van der Waals surface area contributed by atoms with Crippen LogP contribution < -0.4 is 5.56 Å². The molecule has 0 bridgehead atoms. The number of aromatic amines is 1. The maximum atomic E-state index is 11.8. The molecule has 0 aliphatic carbocycles. The van der Waals surface area contributed by atoms with Gasteiger partial charge >= 0.3 is 5.97 Å². The van der Waals surface area contributed by atoms with Gasteiger partial charge in [0.25, 0.3) is 5.56 Å². The van der Waals surface area contributed by atoms with Crippen LogP contribution in [0, 0.1) is 0 Å². The van der Waals surface area contributed by atoms with Gasteiger partial charge in [0.1, 0.15) is 5.60 Å². The van der Waals surface area contributed by atoms with Crippen molar-refractivity contribution >= 4 is 17.0 Å². The molecule has 0 radical (unpaired) electrons. The molecule has 0 aliphatic heterocycles. The van der Waals surface area contributed by atoms with Gasteiger partial charge in [-0.25, -0.2) is 4.98 Å². The molecule has 0 amide bonds. The van der Waals surface area contributed by atoms with Gasteiger partial charge in [-0.1, -0.05) is 0 Å². The molecule has 0 unspecified atom stereocenters. The van der Waals surface area contributed by atoms with Gasteiger partial charge in [0.15, 0.2) is 5.52 Å². The van der Waals surface area contributed by atoms with Crippen LogP contribution in [0.3, 0.4) is 0 Å². The Bertz CT molecular complexity index is 671. The molecule has 0 aromatic carbocycles. The van der Waals surface area contributed by atoms with Crippen molar-refractivity contribution in [3.05, 3.63) is 34.5 Å². The van der Waals surface area contributed by atoms with Crippen molar-refractivity contribution in [2.45, 2.75) is 32.8 Å². The van der Waals surface area contributed by atoms with Crippen molar-refractivity contribution in [1.82, 2.24) is 15.0 Å². The number of ether oxygens (including phenoxy) is 1. The first-order chi connectivity index (χ1) is 8.87. The highest BCUT2D eigenvalue weighted by Gasteiger charge is 2.18. The highest BCUT2D eigenvalue weighted by molar-refractivity contribution is 5.82. The number of fused-ring (bicyclic) bond motifs is 1. The van der Waals surface area contributed by atoms with E-state index in [9.17, 15) is 9.59 Å². The van der Waals surface area contributed by atoms with Crippen LogP contribution in [0.2, 0.25) is 0 Å². The van der Waals surface area contributed by atoms with Gasteiger partial charge < -0.3 is 9.72 Å². The van der Waals surface area contributed by atoms with Gasteiger partial charge in [0.05, 0.1) is 11.9 Å². The summed E-state index contributed by atoms with van der Waals surface area (Å²) in [4.78, 5) is 34.0. The lowest BCUT2D eigenvalue weighted by Gasteiger charge is -2.19. The van der Waals surface area contributed by atoms with Crippen molar-refractivity contribution in [1.29, 1.82) is 0 Å². The Morgan fingerprint density at radius 2 is 1.89 bits per heavy atom. The summed E-state index contributed by atoms with van der Waals surface area (Å²) in [6.45, 7) is 5.40. The van der Waals surface area contributed by atoms with E-state index in [-0.39, 0.29) is 23.5 Å². The molecule has 0 saturated heterocycles. The number of esters is 1. The number of carbonyl (C=O) groups excluding carboxylic acids is 1. The minimum atomic E-state index is -0.541. The van der Waals surface area contributed by atoms with Crippen LogP contribution in [0.4, 0.5) is 0 Å². The highest BCUT2D eigenvalue weighted by atomic mass is 16.6. The zero-order valence-corrected chi connectivity index (χ0v) is 11.1. The standard InChI is InChI=1S/C13H15N3O3/c1-13(2,3)19-9(17)6-8-7-16-12(18)11-10(8)14-4-5-15-11/h4-5,7H,6H2,1-3H3,(H,16,18). The molecule has 0 fully saturated rings. The molecule has 6 heteroatoms. The number of hydrogen-bond donors (Lipinski definition) is 1. The Hall–Kier alpha value is -2.24. The Morgan fingerprint density at radius 1 is 1.26 bits per heavy atom. The maximum absolute atomic E-state index is 11.8. The molecule has 0 atom stereocenters. The van der Waals surface area contributed by atoms with Crippen molar-refractivity contribution in [2.24, 2.45) is 0 Å². The number of nitrogens with zero attached hydrogens (tertiary/aromatic N) is 2. The zero-order chi connectivity index (χ0) is 14.0.